The molecule has 0 saturated heterocycles. The van der Waals surface area contributed by atoms with Gasteiger partial charge in [-0.2, -0.15) is 5.26 Å². The van der Waals surface area contributed by atoms with E-state index in [1.54, 1.807) is 12.3 Å². The van der Waals surface area contributed by atoms with Crippen LogP contribution in [0.2, 0.25) is 0 Å². The third kappa shape index (κ3) is 4.72. The third-order valence-electron chi connectivity index (χ3n) is 4.71. The van der Waals surface area contributed by atoms with Crippen molar-refractivity contribution in [2.75, 3.05) is 17.2 Å². The number of hydrogen-bond acceptors (Lipinski definition) is 4. The molecule has 0 bridgehead atoms. The van der Waals surface area contributed by atoms with E-state index in [1.807, 2.05) is 64.1 Å². The van der Waals surface area contributed by atoms with Crippen molar-refractivity contribution < 1.29 is 4.39 Å². The maximum Gasteiger partial charge on any atom is 0.133 e. The Kier molecular flexibility index (Phi) is 6.13. The van der Waals surface area contributed by atoms with E-state index in [-0.39, 0.29) is 18.4 Å². The smallest absolute Gasteiger partial charge is 0.133 e. The molecule has 4 nitrogen and oxygen atoms in total. The molecule has 1 heterocycles. The van der Waals surface area contributed by atoms with Crippen LogP contribution in [-0.2, 0) is 0 Å². The summed E-state index contributed by atoms with van der Waals surface area (Å²) in [4.78, 5) is 4.36. The van der Waals surface area contributed by atoms with Crippen molar-refractivity contribution in [1.82, 2.24) is 4.98 Å². The van der Waals surface area contributed by atoms with Crippen molar-refractivity contribution in [3.63, 3.8) is 0 Å². The minimum atomic E-state index is -0.236. The summed E-state index contributed by atoms with van der Waals surface area (Å²) in [7, 11) is 0. The molecule has 148 valence electrons. The number of rotatable bonds is 6. The first-order chi connectivity index (χ1) is 13.9. The number of halogens is 1. The zero-order valence-corrected chi connectivity index (χ0v) is 17.2. The third-order valence-corrected chi connectivity index (χ3v) is 4.71. The van der Waals surface area contributed by atoms with Crippen LogP contribution < -0.4 is 10.6 Å². The van der Waals surface area contributed by atoms with Gasteiger partial charge < -0.3 is 10.6 Å². The van der Waals surface area contributed by atoms with Crippen molar-refractivity contribution in [3.8, 4) is 28.3 Å². The van der Waals surface area contributed by atoms with Gasteiger partial charge in [-0.25, -0.2) is 9.37 Å². The Balaban J connectivity index is 1.93. The summed E-state index contributed by atoms with van der Waals surface area (Å²) in [6, 6.07) is 15.5. The fourth-order valence-corrected chi connectivity index (χ4v) is 3.36. The number of aromatic nitrogens is 1. The molecule has 1 aromatic heterocycles. The molecule has 0 saturated carbocycles. The Morgan fingerprint density at radius 1 is 1.00 bits per heavy atom. The van der Waals surface area contributed by atoms with Gasteiger partial charge in [0.2, 0.25) is 0 Å². The molecule has 3 aromatic rings. The van der Waals surface area contributed by atoms with E-state index < -0.39 is 0 Å². The largest absolute Gasteiger partial charge is 0.383 e. The highest BCUT2D eigenvalue weighted by atomic mass is 19.1. The predicted octanol–water partition coefficient (Wildman–Crippen LogP) is 5.93. The van der Waals surface area contributed by atoms with Gasteiger partial charge in [-0.05, 0) is 80.3 Å². The number of nitrogens with zero attached hydrogens (tertiary/aromatic N) is 2. The first-order valence-electron chi connectivity index (χ1n) is 9.64. The van der Waals surface area contributed by atoms with E-state index in [4.69, 9.17) is 5.26 Å². The molecule has 0 aliphatic carbocycles. The highest BCUT2D eigenvalue weighted by Gasteiger charge is 2.13. The van der Waals surface area contributed by atoms with Crippen molar-refractivity contribution >= 4 is 11.5 Å². The number of anilines is 2. The normalized spacial score (nSPS) is 10.7. The summed E-state index contributed by atoms with van der Waals surface area (Å²) < 4.78 is 14.8. The van der Waals surface area contributed by atoms with Crippen LogP contribution >= 0.6 is 0 Å². The van der Waals surface area contributed by atoms with Crippen molar-refractivity contribution in [2.45, 2.75) is 33.7 Å². The number of nitriles is 1. The number of aryl methyl sites for hydroxylation is 2. The Labute approximate surface area is 171 Å². The highest BCUT2D eigenvalue weighted by molar-refractivity contribution is 5.77. The fourth-order valence-electron chi connectivity index (χ4n) is 3.36. The number of hydrogen-bond donors (Lipinski definition) is 2. The molecule has 0 atom stereocenters. The van der Waals surface area contributed by atoms with Crippen LogP contribution in [0, 0.1) is 31.0 Å². The summed E-state index contributed by atoms with van der Waals surface area (Å²) in [6.45, 7) is 8.29. The van der Waals surface area contributed by atoms with Crippen molar-refractivity contribution in [2.24, 2.45) is 0 Å². The molecule has 0 aliphatic rings. The SMILES string of the molecule is Cc1cc(-c2ccc(NC(C)C)cc2F)c(C)cc1-c1ccc(NCC#N)nc1. The lowest BCUT2D eigenvalue weighted by Crippen LogP contribution is -2.09. The Morgan fingerprint density at radius 3 is 2.34 bits per heavy atom. The van der Waals surface area contributed by atoms with Crippen molar-refractivity contribution in [1.29, 1.82) is 5.26 Å². The molecule has 3 rings (SSSR count). The maximum atomic E-state index is 14.8. The second-order valence-corrected chi connectivity index (χ2v) is 7.42. The summed E-state index contributed by atoms with van der Waals surface area (Å²) in [5.41, 5.74) is 6.36. The topological polar surface area (TPSA) is 60.7 Å². The lowest BCUT2D eigenvalue weighted by Gasteiger charge is -2.15. The van der Waals surface area contributed by atoms with Crippen LogP contribution in [0.1, 0.15) is 25.0 Å². The van der Waals surface area contributed by atoms with Crippen molar-refractivity contribution in [3.05, 3.63) is 65.6 Å². The number of benzene rings is 2. The zero-order valence-electron chi connectivity index (χ0n) is 17.2. The monoisotopic (exact) mass is 388 g/mol. The molecule has 0 amide bonds. The zero-order chi connectivity index (χ0) is 21.0. The standard InChI is InChI=1S/C24H25FN4/c1-15(2)29-19-6-7-20(23(25)13-19)22-12-16(3)21(11-17(22)4)18-5-8-24(28-14-18)27-10-9-26/h5-8,11-15,29H,10H2,1-4H3,(H,27,28). The molecular weight excluding hydrogens is 363 g/mol. The van der Waals surface area contributed by atoms with Gasteiger partial charge in [-0.3, -0.25) is 0 Å². The molecule has 0 unspecified atom stereocenters. The summed E-state index contributed by atoms with van der Waals surface area (Å²) in [6.07, 6.45) is 1.79. The molecule has 29 heavy (non-hydrogen) atoms. The van der Waals surface area contributed by atoms with E-state index in [1.165, 1.54) is 0 Å². The van der Waals surface area contributed by atoms with Crippen LogP contribution in [0.4, 0.5) is 15.9 Å². The van der Waals surface area contributed by atoms with Gasteiger partial charge >= 0.3 is 0 Å². The molecule has 0 fully saturated rings. The van der Waals surface area contributed by atoms with E-state index in [2.05, 4.69) is 21.7 Å². The minimum absolute atomic E-state index is 0.218. The van der Waals surface area contributed by atoms with E-state index in [9.17, 15) is 4.39 Å². The van der Waals surface area contributed by atoms with Crippen LogP contribution in [-0.4, -0.2) is 17.6 Å². The quantitative estimate of drug-likeness (QED) is 0.514. The molecule has 0 aliphatic heterocycles. The van der Waals surface area contributed by atoms with Gasteiger partial charge in [0.1, 0.15) is 18.2 Å². The van der Waals surface area contributed by atoms with E-state index in [0.29, 0.717) is 11.4 Å². The highest BCUT2D eigenvalue weighted by Crippen LogP contribution is 2.34. The number of nitrogens with one attached hydrogen (secondary N) is 2. The van der Waals surface area contributed by atoms with E-state index in [0.717, 1.165) is 33.5 Å². The lowest BCUT2D eigenvalue weighted by atomic mass is 9.92. The molecule has 0 radical (unpaired) electrons. The van der Waals surface area contributed by atoms with Crippen LogP contribution in [0.25, 0.3) is 22.3 Å². The second kappa shape index (κ2) is 8.74. The van der Waals surface area contributed by atoms with Gasteiger partial charge in [-0.15, -0.1) is 0 Å². The number of pyridine rings is 1. The van der Waals surface area contributed by atoms with Crippen LogP contribution in [0.15, 0.2) is 48.7 Å². The molecule has 2 N–H and O–H groups in total. The van der Waals surface area contributed by atoms with E-state index >= 15 is 0 Å². The predicted molar refractivity (Wildman–Crippen MR) is 117 cm³/mol. The Hall–Kier alpha value is -3.39. The summed E-state index contributed by atoms with van der Waals surface area (Å²) in [5.74, 6) is 0.430. The van der Waals surface area contributed by atoms with Gasteiger partial charge in [-0.1, -0.05) is 12.1 Å². The van der Waals surface area contributed by atoms with Crippen LogP contribution in [0.5, 0.6) is 0 Å². The molecule has 2 aromatic carbocycles. The minimum Gasteiger partial charge on any atom is -0.383 e. The maximum absolute atomic E-state index is 14.8. The molecule has 0 spiro atoms. The average Bonchev–Trinajstić information content (AvgIpc) is 2.68. The summed E-state index contributed by atoms with van der Waals surface area (Å²) >= 11 is 0. The Morgan fingerprint density at radius 2 is 1.72 bits per heavy atom. The summed E-state index contributed by atoms with van der Waals surface area (Å²) in [5, 5.41) is 14.8. The Bertz CT molecular complexity index is 1050. The van der Waals surface area contributed by atoms with Gasteiger partial charge in [0.15, 0.2) is 0 Å². The van der Waals surface area contributed by atoms with Crippen LogP contribution in [0.3, 0.4) is 0 Å². The van der Waals surface area contributed by atoms with Gasteiger partial charge in [0.25, 0.3) is 0 Å². The molecule has 5 heteroatoms. The first-order valence-corrected chi connectivity index (χ1v) is 9.64. The average molecular weight is 388 g/mol. The first kappa shape index (κ1) is 20.3. The fraction of sp³-hybridized carbons (Fsp3) is 0.250. The second-order valence-electron chi connectivity index (χ2n) is 7.42. The molecular formula is C24H25FN4. The van der Waals surface area contributed by atoms with Gasteiger partial charge in [0.05, 0.1) is 6.07 Å². The lowest BCUT2D eigenvalue weighted by molar-refractivity contribution is 0.631. The van der Waals surface area contributed by atoms with Gasteiger partial charge in [0, 0.05) is 29.1 Å².